The highest BCUT2D eigenvalue weighted by Crippen LogP contribution is 2.51. The van der Waals surface area contributed by atoms with Gasteiger partial charge in [0.1, 0.15) is 5.82 Å². The number of carboxylic acid groups (broad SMARTS) is 1. The van der Waals surface area contributed by atoms with Crippen molar-refractivity contribution in [3.63, 3.8) is 0 Å². The zero-order chi connectivity index (χ0) is 24.3. The molecule has 1 saturated carbocycles. The summed E-state index contributed by atoms with van der Waals surface area (Å²) in [5, 5.41) is 23.1. The summed E-state index contributed by atoms with van der Waals surface area (Å²) in [6, 6.07) is 11.6. The van der Waals surface area contributed by atoms with E-state index in [4.69, 9.17) is 16.3 Å². The molecule has 0 atom stereocenters. The quantitative estimate of drug-likeness (QED) is 0.422. The molecule has 3 aromatic rings. The number of ether oxygens (including phenoxy) is 1. The number of H-pyrrole nitrogens is 1. The van der Waals surface area contributed by atoms with Crippen LogP contribution in [0.2, 0.25) is 5.02 Å². The van der Waals surface area contributed by atoms with Gasteiger partial charge in [0.15, 0.2) is 5.69 Å². The zero-order valence-electron chi connectivity index (χ0n) is 18.5. The Labute approximate surface area is 200 Å². The van der Waals surface area contributed by atoms with Gasteiger partial charge in [0.2, 0.25) is 0 Å². The normalized spacial score (nSPS) is 21.6. The number of hydrogen-bond donors (Lipinski definition) is 3. The molecule has 34 heavy (non-hydrogen) atoms. The van der Waals surface area contributed by atoms with Crippen molar-refractivity contribution < 1.29 is 23.8 Å². The van der Waals surface area contributed by atoms with Crippen LogP contribution in [0.1, 0.15) is 35.8 Å². The van der Waals surface area contributed by atoms with Crippen molar-refractivity contribution in [2.24, 2.45) is 5.41 Å². The minimum atomic E-state index is -1.09. The van der Waals surface area contributed by atoms with E-state index in [9.17, 15) is 19.1 Å². The first kappa shape index (κ1) is 23.8. The molecule has 1 aliphatic rings. The van der Waals surface area contributed by atoms with Gasteiger partial charge in [-0.3, -0.25) is 9.59 Å². The van der Waals surface area contributed by atoms with Crippen LogP contribution in [0.15, 0.2) is 48.7 Å². The fourth-order valence-corrected chi connectivity index (χ4v) is 4.81. The summed E-state index contributed by atoms with van der Waals surface area (Å²) in [6.45, 7) is 2.26. The van der Waals surface area contributed by atoms with Crippen LogP contribution >= 0.6 is 11.6 Å². The first-order chi connectivity index (χ1) is 16.3. The molecule has 1 aliphatic carbocycles. The number of carboxylic acids is 1. The van der Waals surface area contributed by atoms with Crippen LogP contribution in [0.3, 0.4) is 0 Å². The molecule has 0 unspecified atom stereocenters. The Hall–Kier alpha value is -3.30. The average molecular weight is 487 g/mol. The number of aliphatic carboxylic acids is 1. The molecule has 1 heterocycles. The van der Waals surface area contributed by atoms with Crippen molar-refractivity contribution in [2.45, 2.75) is 31.7 Å². The number of carbonyl (C=O) groups is 2. The summed E-state index contributed by atoms with van der Waals surface area (Å²) in [5.41, 5.74) is 0.129. The number of rotatable bonds is 9. The number of benzene rings is 2. The van der Waals surface area contributed by atoms with Crippen molar-refractivity contribution >= 4 is 23.5 Å². The van der Waals surface area contributed by atoms with Crippen LogP contribution < -0.4 is 5.32 Å². The lowest BCUT2D eigenvalue weighted by Gasteiger charge is -2.54. The number of nitrogens with zero attached hydrogens (tertiary/aromatic N) is 2. The Morgan fingerprint density at radius 3 is 2.59 bits per heavy atom. The van der Waals surface area contributed by atoms with E-state index in [-0.39, 0.29) is 31.0 Å². The van der Waals surface area contributed by atoms with Gasteiger partial charge in [-0.15, -0.1) is 0 Å². The van der Waals surface area contributed by atoms with E-state index in [0.29, 0.717) is 29.2 Å². The minimum Gasteiger partial charge on any atom is -0.481 e. The molecule has 1 aromatic heterocycles. The van der Waals surface area contributed by atoms with E-state index in [2.05, 4.69) is 20.7 Å². The second-order valence-corrected chi connectivity index (χ2v) is 9.10. The molecule has 0 radical (unpaired) electrons. The van der Waals surface area contributed by atoms with Gasteiger partial charge in [0.05, 0.1) is 18.2 Å². The second-order valence-electron chi connectivity index (χ2n) is 8.66. The number of halogens is 2. The van der Waals surface area contributed by atoms with Crippen LogP contribution in [0.5, 0.6) is 0 Å². The van der Waals surface area contributed by atoms with Gasteiger partial charge in [-0.2, -0.15) is 15.4 Å². The van der Waals surface area contributed by atoms with Gasteiger partial charge in [-0.05, 0) is 55.5 Å². The standard InChI is InChI=1S/C24H24ClFN4O4/c1-2-34-14-23(22(32)33)12-24(13-23,28-21(31)20-11-27-30-29-20)10-15-3-5-16(6-4-15)18-9-17(25)7-8-19(18)26/h3-9,11H,2,10,12-14H2,1H3,(H,28,31)(H,32,33)(H,27,29,30). The van der Waals surface area contributed by atoms with Crippen molar-refractivity contribution in [1.82, 2.24) is 20.7 Å². The largest absolute Gasteiger partial charge is 0.481 e. The highest BCUT2D eigenvalue weighted by atomic mass is 35.5. The molecule has 10 heteroatoms. The summed E-state index contributed by atoms with van der Waals surface area (Å²) in [4.78, 5) is 24.8. The van der Waals surface area contributed by atoms with Crippen LogP contribution in [0.4, 0.5) is 4.39 Å². The van der Waals surface area contributed by atoms with Crippen molar-refractivity contribution in [3.05, 3.63) is 70.8 Å². The van der Waals surface area contributed by atoms with E-state index in [1.54, 1.807) is 25.1 Å². The predicted octanol–water partition coefficient (Wildman–Crippen LogP) is 3.88. The first-order valence-corrected chi connectivity index (χ1v) is 11.2. The first-order valence-electron chi connectivity index (χ1n) is 10.8. The Morgan fingerprint density at radius 2 is 1.97 bits per heavy atom. The van der Waals surface area contributed by atoms with Gasteiger partial charge >= 0.3 is 5.97 Å². The third-order valence-electron chi connectivity index (χ3n) is 6.15. The second kappa shape index (κ2) is 9.52. The summed E-state index contributed by atoms with van der Waals surface area (Å²) >= 11 is 6.01. The maximum Gasteiger partial charge on any atom is 0.312 e. The summed E-state index contributed by atoms with van der Waals surface area (Å²) < 4.78 is 19.7. The topological polar surface area (TPSA) is 117 Å². The van der Waals surface area contributed by atoms with Gasteiger partial charge in [0.25, 0.3) is 5.91 Å². The summed E-state index contributed by atoms with van der Waals surface area (Å²) in [6.07, 6.45) is 2.09. The van der Waals surface area contributed by atoms with Gasteiger partial charge in [0, 0.05) is 22.7 Å². The summed E-state index contributed by atoms with van der Waals surface area (Å²) in [5.74, 6) is -1.78. The smallest absolute Gasteiger partial charge is 0.312 e. The highest BCUT2D eigenvalue weighted by molar-refractivity contribution is 6.30. The Bertz CT molecular complexity index is 1180. The van der Waals surface area contributed by atoms with E-state index in [1.807, 2.05) is 12.1 Å². The fourth-order valence-electron chi connectivity index (χ4n) is 4.64. The molecule has 0 spiro atoms. The SMILES string of the molecule is CCOCC1(C(=O)O)CC(Cc2ccc(-c3cc(Cl)ccc3F)cc2)(NC(=O)c2cn[nH]n2)C1. The fraction of sp³-hybridized carbons (Fsp3) is 0.333. The van der Waals surface area contributed by atoms with Crippen LogP contribution in [-0.2, 0) is 16.0 Å². The van der Waals surface area contributed by atoms with Crippen LogP contribution in [0, 0.1) is 11.2 Å². The Balaban J connectivity index is 1.58. The van der Waals surface area contributed by atoms with Crippen LogP contribution in [-0.4, -0.2) is 51.1 Å². The molecule has 3 N–H and O–H groups in total. The Morgan fingerprint density at radius 1 is 1.24 bits per heavy atom. The molecule has 0 aliphatic heterocycles. The number of hydrogen-bond acceptors (Lipinski definition) is 5. The molecule has 2 aromatic carbocycles. The number of aromatic nitrogens is 3. The van der Waals surface area contributed by atoms with E-state index < -0.39 is 22.8 Å². The van der Waals surface area contributed by atoms with E-state index >= 15 is 0 Å². The van der Waals surface area contributed by atoms with Gasteiger partial charge in [-0.25, -0.2) is 4.39 Å². The van der Waals surface area contributed by atoms with Crippen LogP contribution in [0.25, 0.3) is 11.1 Å². The third kappa shape index (κ3) is 4.80. The number of nitrogens with one attached hydrogen (secondary N) is 2. The highest BCUT2D eigenvalue weighted by Gasteiger charge is 2.60. The lowest BCUT2D eigenvalue weighted by molar-refractivity contribution is -0.168. The lowest BCUT2D eigenvalue weighted by atomic mass is 9.55. The molecule has 4 rings (SSSR count). The van der Waals surface area contributed by atoms with E-state index in [0.717, 1.165) is 5.56 Å². The molecule has 1 amide bonds. The van der Waals surface area contributed by atoms with Gasteiger partial charge in [-0.1, -0.05) is 35.9 Å². The average Bonchev–Trinajstić information content (AvgIpc) is 3.33. The maximum atomic E-state index is 14.2. The maximum absolute atomic E-state index is 14.2. The molecule has 178 valence electrons. The molecule has 0 saturated heterocycles. The summed E-state index contributed by atoms with van der Waals surface area (Å²) in [7, 11) is 0. The predicted molar refractivity (Wildman–Crippen MR) is 123 cm³/mol. The zero-order valence-corrected chi connectivity index (χ0v) is 19.2. The number of amides is 1. The van der Waals surface area contributed by atoms with Gasteiger partial charge < -0.3 is 15.2 Å². The number of aromatic amines is 1. The lowest BCUT2D eigenvalue weighted by Crippen LogP contribution is -2.66. The van der Waals surface area contributed by atoms with Crippen molar-refractivity contribution in [3.8, 4) is 11.1 Å². The molecular weight excluding hydrogens is 463 g/mol. The monoisotopic (exact) mass is 486 g/mol. The van der Waals surface area contributed by atoms with E-state index in [1.165, 1.54) is 18.3 Å². The molecule has 8 nitrogen and oxygen atoms in total. The Kier molecular flexibility index (Phi) is 6.67. The molecule has 0 bridgehead atoms. The minimum absolute atomic E-state index is 0.0629. The van der Waals surface area contributed by atoms with Crippen molar-refractivity contribution in [2.75, 3.05) is 13.2 Å². The number of carbonyl (C=O) groups excluding carboxylic acids is 1. The molecule has 1 fully saturated rings. The van der Waals surface area contributed by atoms with Crippen molar-refractivity contribution in [1.29, 1.82) is 0 Å². The third-order valence-corrected chi connectivity index (χ3v) is 6.39. The molecular formula is C24H24ClFN4O4.